The normalized spacial score (nSPS) is 10.4. The summed E-state index contributed by atoms with van der Waals surface area (Å²) in [5.74, 6) is 0. The summed E-state index contributed by atoms with van der Waals surface area (Å²) in [7, 11) is -0.750. The molecular weight excluding hydrogens is 259 g/mol. The summed E-state index contributed by atoms with van der Waals surface area (Å²) in [6.45, 7) is 0. The van der Waals surface area contributed by atoms with Crippen molar-refractivity contribution in [3.8, 4) is 33.4 Å². The highest BCUT2D eigenvalue weighted by Crippen LogP contribution is 2.43. The zero-order valence-electron chi connectivity index (χ0n) is 11.5. The Labute approximate surface area is 124 Å². The highest BCUT2D eigenvalue weighted by atomic mass is 16.4. The number of benzene rings is 3. The second-order valence-electron chi connectivity index (χ2n) is 4.85. The van der Waals surface area contributed by atoms with Gasteiger partial charge in [-0.3, -0.25) is 0 Å². The molecule has 0 bridgehead atoms. The van der Waals surface area contributed by atoms with Crippen LogP contribution < -0.4 is 0 Å². The van der Waals surface area contributed by atoms with Crippen LogP contribution in [-0.4, -0.2) is 17.7 Å². The third kappa shape index (κ3) is 2.61. The summed E-state index contributed by atoms with van der Waals surface area (Å²) < 4.78 is 0. The van der Waals surface area contributed by atoms with Crippen LogP contribution in [0.3, 0.4) is 0 Å². The Balaban J connectivity index is 0.000000409. The maximum atomic E-state index is 7.12. The molecule has 0 unspecified atom stereocenters. The van der Waals surface area contributed by atoms with E-state index in [4.69, 9.17) is 10.0 Å². The summed E-state index contributed by atoms with van der Waals surface area (Å²) >= 11 is 0. The van der Waals surface area contributed by atoms with Crippen molar-refractivity contribution in [1.29, 1.82) is 0 Å². The smallest absolute Gasteiger partial charge is 0.430 e. The van der Waals surface area contributed by atoms with E-state index in [0.29, 0.717) is 0 Å². The molecule has 0 radical (unpaired) electrons. The van der Waals surface area contributed by atoms with E-state index in [9.17, 15) is 0 Å². The lowest BCUT2D eigenvalue weighted by Crippen LogP contribution is -1.95. The fraction of sp³-hybridized carbons (Fsp3) is 0. The molecule has 0 heterocycles. The van der Waals surface area contributed by atoms with Crippen LogP contribution >= 0.6 is 0 Å². The Morgan fingerprint density at radius 3 is 1.52 bits per heavy atom. The van der Waals surface area contributed by atoms with Crippen molar-refractivity contribution in [3.63, 3.8) is 0 Å². The Hall–Kier alpha value is -2.36. The Morgan fingerprint density at radius 2 is 1.05 bits per heavy atom. The minimum absolute atomic E-state index is 0.750. The van der Waals surface area contributed by atoms with Crippen LogP contribution in [0.2, 0.25) is 0 Å². The highest BCUT2D eigenvalue weighted by molar-refractivity contribution is 6.13. The van der Waals surface area contributed by atoms with Crippen LogP contribution in [0.5, 0.6) is 0 Å². The maximum Gasteiger partial charge on any atom is 0.432 e. The van der Waals surface area contributed by atoms with Crippen LogP contribution in [-0.2, 0) is 0 Å². The number of rotatable bonds is 2. The van der Waals surface area contributed by atoms with Gasteiger partial charge >= 0.3 is 7.69 Å². The standard InChI is InChI=1S/C18H12.BH3O2/c1-2-4-13(5-3-1)14-6-8-15(9-7-14)18-12-16-10-11-17(16)18;2-1-3/h1-12H;1-3H. The van der Waals surface area contributed by atoms with Gasteiger partial charge in [0.15, 0.2) is 0 Å². The zero-order valence-corrected chi connectivity index (χ0v) is 11.5. The molecule has 2 aromatic rings. The highest BCUT2D eigenvalue weighted by Gasteiger charge is 2.17. The van der Waals surface area contributed by atoms with Crippen LogP contribution in [0.1, 0.15) is 0 Å². The monoisotopic (exact) mass is 274 g/mol. The molecule has 21 heavy (non-hydrogen) atoms. The average Bonchev–Trinajstić information content (AvgIpc) is 2.52. The van der Waals surface area contributed by atoms with Gasteiger partial charge in [0, 0.05) is 0 Å². The van der Waals surface area contributed by atoms with Gasteiger partial charge < -0.3 is 10.0 Å². The van der Waals surface area contributed by atoms with E-state index in [2.05, 4.69) is 66.7 Å². The molecule has 2 aliphatic rings. The number of fused-ring (bicyclic) bond motifs is 1. The molecule has 0 aromatic heterocycles. The summed E-state index contributed by atoms with van der Waals surface area (Å²) in [5, 5.41) is 14.2. The van der Waals surface area contributed by atoms with Gasteiger partial charge in [-0.1, -0.05) is 66.7 Å². The molecule has 2 aliphatic carbocycles. The lowest BCUT2D eigenvalue weighted by molar-refractivity contribution is 0.448. The SMILES string of the molecule is OBO.c1ccc(-c2ccc(-c3cc4ccc3-4)cc2)cc1. The fourth-order valence-electron chi connectivity index (χ4n) is 2.50. The van der Waals surface area contributed by atoms with Crippen molar-refractivity contribution < 1.29 is 10.0 Å². The van der Waals surface area contributed by atoms with Gasteiger partial charge in [0.2, 0.25) is 0 Å². The first-order chi connectivity index (χ1) is 10.3. The van der Waals surface area contributed by atoms with Gasteiger partial charge in [0.25, 0.3) is 0 Å². The lowest BCUT2D eigenvalue weighted by atomic mass is 9.83. The molecule has 3 heteroatoms. The molecule has 2 nitrogen and oxygen atoms in total. The van der Waals surface area contributed by atoms with Gasteiger partial charge in [-0.15, -0.1) is 0 Å². The molecule has 2 N–H and O–H groups in total. The van der Waals surface area contributed by atoms with E-state index >= 15 is 0 Å². The summed E-state index contributed by atoms with van der Waals surface area (Å²) in [6.07, 6.45) is 0. The van der Waals surface area contributed by atoms with Crippen molar-refractivity contribution in [2.75, 3.05) is 0 Å². The van der Waals surface area contributed by atoms with Crippen molar-refractivity contribution in [3.05, 3.63) is 72.8 Å². The quantitative estimate of drug-likeness (QED) is 0.551. The molecule has 102 valence electrons. The van der Waals surface area contributed by atoms with Crippen molar-refractivity contribution >= 4 is 7.69 Å². The van der Waals surface area contributed by atoms with Gasteiger partial charge in [-0.25, -0.2) is 0 Å². The molecule has 0 saturated carbocycles. The van der Waals surface area contributed by atoms with E-state index in [0.717, 1.165) is 0 Å². The van der Waals surface area contributed by atoms with Crippen LogP contribution in [0.4, 0.5) is 0 Å². The second-order valence-corrected chi connectivity index (χ2v) is 4.85. The van der Waals surface area contributed by atoms with Crippen molar-refractivity contribution in [2.24, 2.45) is 0 Å². The molecule has 0 amide bonds. The second kappa shape index (κ2) is 5.96. The van der Waals surface area contributed by atoms with Crippen LogP contribution in [0.15, 0.2) is 72.8 Å². The largest absolute Gasteiger partial charge is 0.432 e. The van der Waals surface area contributed by atoms with Gasteiger partial charge in [0.05, 0.1) is 0 Å². The van der Waals surface area contributed by atoms with E-state index in [1.165, 1.54) is 33.4 Å². The predicted octanol–water partition coefficient (Wildman–Crippen LogP) is 3.24. The Kier molecular flexibility index (Phi) is 3.86. The Morgan fingerprint density at radius 1 is 0.524 bits per heavy atom. The molecule has 0 aliphatic heterocycles. The average molecular weight is 274 g/mol. The van der Waals surface area contributed by atoms with Gasteiger partial charge in [-0.05, 0) is 39.4 Å². The topological polar surface area (TPSA) is 40.5 Å². The number of hydrogen-bond donors (Lipinski definition) is 2. The van der Waals surface area contributed by atoms with E-state index in [1.807, 2.05) is 6.07 Å². The first kappa shape index (κ1) is 13.6. The van der Waals surface area contributed by atoms with Crippen molar-refractivity contribution in [2.45, 2.75) is 0 Å². The minimum atomic E-state index is -0.750. The van der Waals surface area contributed by atoms with E-state index < -0.39 is 7.69 Å². The third-order valence-corrected chi connectivity index (χ3v) is 3.63. The molecule has 0 saturated heterocycles. The van der Waals surface area contributed by atoms with Crippen LogP contribution in [0.25, 0.3) is 33.4 Å². The van der Waals surface area contributed by atoms with E-state index in [1.54, 1.807) is 0 Å². The minimum Gasteiger partial charge on any atom is -0.430 e. The zero-order chi connectivity index (χ0) is 14.7. The molecule has 0 fully saturated rings. The molecule has 4 rings (SSSR count). The molecular formula is C18H15BO2. The fourth-order valence-corrected chi connectivity index (χ4v) is 2.50. The third-order valence-electron chi connectivity index (χ3n) is 3.63. The number of hydrogen-bond acceptors (Lipinski definition) is 2. The van der Waals surface area contributed by atoms with Gasteiger partial charge in [-0.2, -0.15) is 0 Å². The first-order valence-electron chi connectivity index (χ1n) is 6.85. The van der Waals surface area contributed by atoms with Crippen LogP contribution in [0, 0.1) is 0 Å². The first-order valence-corrected chi connectivity index (χ1v) is 6.85. The maximum absolute atomic E-state index is 7.12. The summed E-state index contributed by atoms with van der Waals surface area (Å²) in [5.41, 5.74) is 8.07. The van der Waals surface area contributed by atoms with E-state index in [-0.39, 0.29) is 0 Å². The lowest BCUT2D eigenvalue weighted by Gasteiger charge is -2.21. The van der Waals surface area contributed by atoms with Crippen molar-refractivity contribution in [1.82, 2.24) is 0 Å². The molecule has 0 spiro atoms. The molecule has 2 aromatic carbocycles. The van der Waals surface area contributed by atoms with Gasteiger partial charge in [0.1, 0.15) is 0 Å². The summed E-state index contributed by atoms with van der Waals surface area (Å²) in [6, 6.07) is 25.9. The Bertz CT molecular complexity index is 710. The predicted molar refractivity (Wildman–Crippen MR) is 87.9 cm³/mol. The molecule has 0 atom stereocenters. The summed E-state index contributed by atoms with van der Waals surface area (Å²) in [4.78, 5) is 0.